The zero-order valence-corrected chi connectivity index (χ0v) is 9.28. The monoisotopic (exact) mass is 223 g/mol. The third-order valence-electron chi connectivity index (χ3n) is 2.13. The molecule has 0 heterocycles. The average Bonchev–Trinajstić information content (AvgIpc) is 2.28. The lowest BCUT2D eigenvalue weighted by atomic mass is 10.2. The zero-order valence-electron chi connectivity index (χ0n) is 9.28. The van der Waals surface area contributed by atoms with Gasteiger partial charge in [0, 0.05) is 13.0 Å². The zero-order chi connectivity index (χ0) is 12.2. The van der Waals surface area contributed by atoms with E-state index >= 15 is 0 Å². The summed E-state index contributed by atoms with van der Waals surface area (Å²) in [5.41, 5.74) is 2.07. The molecule has 0 saturated heterocycles. The minimum Gasteiger partial charge on any atom is -0.294 e. The lowest BCUT2D eigenvalue weighted by Crippen LogP contribution is -2.29. The molecule has 0 aliphatic rings. The summed E-state index contributed by atoms with van der Waals surface area (Å²) in [7, 11) is 0. The second-order valence-electron chi connectivity index (χ2n) is 3.41. The van der Waals surface area contributed by atoms with Crippen LogP contribution in [0.1, 0.15) is 25.7 Å². The summed E-state index contributed by atoms with van der Waals surface area (Å²) < 4.78 is 0. The maximum absolute atomic E-state index is 10.8. The molecule has 3 N–H and O–H groups in total. The first kappa shape index (κ1) is 14.4. The molecular weight excluding hydrogens is 206 g/mol. The second kappa shape index (κ2) is 9.91. The van der Waals surface area contributed by atoms with Gasteiger partial charge in [0.15, 0.2) is 0 Å². The topological polar surface area (TPSA) is 106 Å². The lowest BCUT2D eigenvalue weighted by molar-refractivity contribution is -0.121. The highest BCUT2D eigenvalue weighted by Crippen LogP contribution is 2.01. The Morgan fingerprint density at radius 3 is 2.31 bits per heavy atom. The van der Waals surface area contributed by atoms with Crippen molar-refractivity contribution in [1.29, 1.82) is 10.5 Å². The quantitative estimate of drug-likeness (QED) is 0.196. The number of nitriles is 2. The smallest absolute Gasteiger partial charge is 0.233 e. The molecule has 0 saturated carbocycles. The van der Waals surface area contributed by atoms with E-state index in [1.165, 1.54) is 0 Å². The summed E-state index contributed by atoms with van der Waals surface area (Å²) in [6.07, 6.45) is 2.96. The Morgan fingerprint density at radius 1 is 1.19 bits per heavy atom. The molecule has 6 nitrogen and oxygen atoms in total. The largest absolute Gasteiger partial charge is 0.294 e. The van der Waals surface area contributed by atoms with E-state index in [4.69, 9.17) is 16.4 Å². The molecule has 0 radical (unpaired) electrons. The molecule has 0 bridgehead atoms. The molecule has 16 heavy (non-hydrogen) atoms. The van der Waals surface area contributed by atoms with Gasteiger partial charge < -0.3 is 0 Å². The fraction of sp³-hybridized carbons (Fsp3) is 0.700. The molecule has 0 aromatic heterocycles. The molecule has 0 unspecified atom stereocenters. The van der Waals surface area contributed by atoms with Crippen LogP contribution in [0.5, 0.6) is 0 Å². The van der Waals surface area contributed by atoms with Crippen LogP contribution < -0.4 is 11.3 Å². The van der Waals surface area contributed by atoms with E-state index in [2.05, 4.69) is 5.43 Å². The van der Waals surface area contributed by atoms with Crippen LogP contribution in [0, 0.1) is 22.7 Å². The van der Waals surface area contributed by atoms with Crippen molar-refractivity contribution in [3.8, 4) is 12.1 Å². The summed E-state index contributed by atoms with van der Waals surface area (Å²) in [6, 6.07) is 4.03. The van der Waals surface area contributed by atoms with Gasteiger partial charge in [0.25, 0.3) is 0 Å². The van der Waals surface area contributed by atoms with Gasteiger partial charge in [0.2, 0.25) is 5.91 Å². The maximum Gasteiger partial charge on any atom is 0.233 e. The van der Waals surface area contributed by atoms with E-state index in [-0.39, 0.29) is 19.0 Å². The summed E-state index contributed by atoms with van der Waals surface area (Å²) in [5, 5.41) is 17.0. The number of hydrogen-bond donors (Lipinski definition) is 2. The van der Waals surface area contributed by atoms with E-state index in [1.54, 1.807) is 4.90 Å². The Morgan fingerprint density at radius 2 is 1.81 bits per heavy atom. The molecule has 0 fully saturated rings. The fourth-order valence-electron chi connectivity index (χ4n) is 1.28. The van der Waals surface area contributed by atoms with Crippen LogP contribution in [0.15, 0.2) is 0 Å². The molecule has 0 rings (SSSR count). The van der Waals surface area contributed by atoms with E-state index < -0.39 is 0 Å². The van der Waals surface area contributed by atoms with Crippen molar-refractivity contribution >= 4 is 5.91 Å². The second-order valence-corrected chi connectivity index (χ2v) is 3.41. The van der Waals surface area contributed by atoms with Crippen LogP contribution in [-0.2, 0) is 4.79 Å². The van der Waals surface area contributed by atoms with Crippen LogP contribution in [0.4, 0.5) is 0 Å². The Kier molecular flexibility index (Phi) is 8.90. The van der Waals surface area contributed by atoms with Gasteiger partial charge in [-0.3, -0.25) is 15.1 Å². The predicted molar refractivity (Wildman–Crippen MR) is 58.5 cm³/mol. The number of rotatable bonds is 8. The summed E-state index contributed by atoms with van der Waals surface area (Å²) in [5.74, 6) is 4.77. The highest BCUT2D eigenvalue weighted by Gasteiger charge is 2.03. The number of carbonyl (C=O) groups is 1. The van der Waals surface area contributed by atoms with Crippen molar-refractivity contribution in [2.24, 2.45) is 5.84 Å². The Hall–Kier alpha value is -1.63. The number of nitrogens with zero attached hydrogens (tertiary/aromatic N) is 3. The van der Waals surface area contributed by atoms with Crippen LogP contribution in [0.2, 0.25) is 0 Å². The Labute approximate surface area is 95.6 Å². The van der Waals surface area contributed by atoms with Crippen molar-refractivity contribution in [3.63, 3.8) is 0 Å². The van der Waals surface area contributed by atoms with Crippen LogP contribution in [0.3, 0.4) is 0 Å². The van der Waals surface area contributed by atoms with E-state index in [0.29, 0.717) is 13.0 Å². The van der Waals surface area contributed by atoms with Gasteiger partial charge in [-0.2, -0.15) is 10.5 Å². The number of hydrogen-bond acceptors (Lipinski definition) is 5. The highest BCUT2D eigenvalue weighted by atomic mass is 16.2. The van der Waals surface area contributed by atoms with Gasteiger partial charge in [0.05, 0.1) is 25.2 Å². The molecule has 0 atom stereocenters. The van der Waals surface area contributed by atoms with Gasteiger partial charge in [-0.1, -0.05) is 6.42 Å². The molecule has 88 valence electrons. The molecule has 0 aliphatic heterocycles. The van der Waals surface area contributed by atoms with Gasteiger partial charge >= 0.3 is 0 Å². The first-order valence-corrected chi connectivity index (χ1v) is 5.20. The average molecular weight is 223 g/mol. The third-order valence-corrected chi connectivity index (χ3v) is 2.13. The maximum atomic E-state index is 10.8. The first-order valence-electron chi connectivity index (χ1n) is 5.20. The van der Waals surface area contributed by atoms with Gasteiger partial charge in [-0.05, 0) is 12.8 Å². The molecule has 1 amide bonds. The summed E-state index contributed by atoms with van der Waals surface area (Å²) in [4.78, 5) is 12.6. The minimum atomic E-state index is -0.161. The molecule has 0 aromatic carbocycles. The van der Waals surface area contributed by atoms with Gasteiger partial charge in [0.1, 0.15) is 0 Å². The van der Waals surface area contributed by atoms with E-state index in [0.717, 1.165) is 19.3 Å². The van der Waals surface area contributed by atoms with Crippen LogP contribution in [-0.4, -0.2) is 30.4 Å². The normalized spacial score (nSPS) is 9.50. The van der Waals surface area contributed by atoms with E-state index in [1.807, 2.05) is 12.1 Å². The lowest BCUT2D eigenvalue weighted by Gasteiger charge is -2.14. The number of carbonyl (C=O) groups excluding carboxylic acids is 1. The van der Waals surface area contributed by atoms with Crippen molar-refractivity contribution in [3.05, 3.63) is 0 Å². The summed E-state index contributed by atoms with van der Waals surface area (Å²) in [6.45, 7) is 1.26. The van der Waals surface area contributed by atoms with Crippen LogP contribution in [0.25, 0.3) is 0 Å². The minimum absolute atomic E-state index is 0.161. The number of nitrogens with two attached hydrogens (primary N) is 1. The predicted octanol–water partition coefficient (Wildman–Crippen LogP) is -0.114. The van der Waals surface area contributed by atoms with Gasteiger partial charge in [-0.25, -0.2) is 5.84 Å². The van der Waals surface area contributed by atoms with Gasteiger partial charge in [-0.15, -0.1) is 0 Å². The molecule has 0 aliphatic carbocycles. The first-order chi connectivity index (χ1) is 7.74. The molecular formula is C10H17N5O. The number of unbranched alkanes of at least 4 members (excludes halogenated alkanes) is 2. The number of hydrazine groups is 1. The van der Waals surface area contributed by atoms with E-state index in [9.17, 15) is 4.79 Å². The summed E-state index contributed by atoms with van der Waals surface area (Å²) >= 11 is 0. The fourth-order valence-corrected chi connectivity index (χ4v) is 1.28. The van der Waals surface area contributed by atoms with Crippen molar-refractivity contribution in [2.75, 3.05) is 19.6 Å². The number of amides is 1. The molecule has 0 spiro atoms. The van der Waals surface area contributed by atoms with Crippen molar-refractivity contribution < 1.29 is 4.79 Å². The molecule has 0 aromatic rings. The number of nitrogens with one attached hydrogen (secondary N) is 1. The highest BCUT2D eigenvalue weighted by molar-refractivity contribution is 5.74. The third kappa shape index (κ3) is 7.74. The Bertz CT molecular complexity index is 262. The SMILES string of the molecule is N#CCN(CC#N)CCCCCC(=O)NN. The Balaban J connectivity index is 3.52. The molecule has 6 heteroatoms. The van der Waals surface area contributed by atoms with Crippen LogP contribution >= 0.6 is 0 Å². The van der Waals surface area contributed by atoms with Crippen molar-refractivity contribution in [2.45, 2.75) is 25.7 Å². The van der Waals surface area contributed by atoms with Crippen molar-refractivity contribution in [1.82, 2.24) is 10.3 Å². The standard InChI is InChI=1S/C10H17N5O/c11-5-8-15(9-6-12)7-3-1-2-4-10(16)14-13/h1-4,7-9,13H2,(H,14,16).